The van der Waals surface area contributed by atoms with Gasteiger partial charge < -0.3 is 0 Å². The predicted molar refractivity (Wildman–Crippen MR) is 93.8 cm³/mol. The molecule has 0 aliphatic carbocycles. The number of halogens is 2. The molecule has 0 fully saturated rings. The van der Waals surface area contributed by atoms with Gasteiger partial charge in [-0.15, -0.1) is 0 Å². The van der Waals surface area contributed by atoms with Crippen molar-refractivity contribution in [1.29, 1.82) is 0 Å². The van der Waals surface area contributed by atoms with Gasteiger partial charge in [-0.1, -0.05) is 12.1 Å². The summed E-state index contributed by atoms with van der Waals surface area (Å²) in [6, 6.07) is 12.8. The molecule has 24 heavy (non-hydrogen) atoms. The summed E-state index contributed by atoms with van der Waals surface area (Å²) in [5.74, 6) is -0.729. The van der Waals surface area contributed by atoms with Crippen LogP contribution in [0.4, 0.5) is 10.1 Å². The molecule has 1 amide bonds. The van der Waals surface area contributed by atoms with E-state index in [1.54, 1.807) is 4.68 Å². The van der Waals surface area contributed by atoms with Gasteiger partial charge in [0.15, 0.2) is 0 Å². The number of aryl methyl sites for hydroxylation is 1. The highest BCUT2D eigenvalue weighted by Crippen LogP contribution is 2.27. The molecule has 7 heteroatoms. The van der Waals surface area contributed by atoms with Crippen LogP contribution < -0.4 is 10.9 Å². The zero-order valence-electron chi connectivity index (χ0n) is 12.8. The zero-order valence-corrected chi connectivity index (χ0v) is 14.3. The van der Waals surface area contributed by atoms with Crippen molar-refractivity contribution >= 4 is 27.5 Å². The molecule has 1 aromatic heterocycles. The SMILES string of the molecule is Cn1cc(Br)c(-c2cccc(NNC(=O)c3ccc(F)cc3)c2)n1. The lowest BCUT2D eigenvalue weighted by molar-refractivity contribution is 0.0962. The smallest absolute Gasteiger partial charge is 0.269 e. The number of rotatable bonds is 4. The molecule has 5 nitrogen and oxygen atoms in total. The number of nitrogens with zero attached hydrogens (tertiary/aromatic N) is 2. The zero-order chi connectivity index (χ0) is 17.1. The first-order valence-electron chi connectivity index (χ1n) is 7.14. The summed E-state index contributed by atoms with van der Waals surface area (Å²) in [5.41, 5.74) is 8.23. The van der Waals surface area contributed by atoms with Crippen LogP contribution in [0.5, 0.6) is 0 Å². The molecule has 1 heterocycles. The van der Waals surface area contributed by atoms with Gasteiger partial charge in [0.05, 0.1) is 10.2 Å². The number of benzene rings is 2. The minimum absolute atomic E-state index is 0.348. The Hall–Kier alpha value is -2.67. The minimum Gasteiger partial charge on any atom is -0.298 e. The Morgan fingerprint density at radius 3 is 2.62 bits per heavy atom. The predicted octanol–water partition coefficient (Wildman–Crippen LogP) is 3.75. The fraction of sp³-hybridized carbons (Fsp3) is 0.0588. The second-order valence-electron chi connectivity index (χ2n) is 5.17. The number of hydrogen-bond acceptors (Lipinski definition) is 3. The third-order valence-corrected chi connectivity index (χ3v) is 3.93. The second kappa shape index (κ2) is 6.84. The molecule has 0 saturated carbocycles. The monoisotopic (exact) mass is 388 g/mol. The van der Waals surface area contributed by atoms with Crippen molar-refractivity contribution in [1.82, 2.24) is 15.2 Å². The van der Waals surface area contributed by atoms with Crippen molar-refractivity contribution in [3.63, 3.8) is 0 Å². The Morgan fingerprint density at radius 1 is 1.21 bits per heavy atom. The van der Waals surface area contributed by atoms with Crippen LogP contribution in [0.2, 0.25) is 0 Å². The number of aromatic nitrogens is 2. The number of carbonyl (C=O) groups is 1. The van der Waals surface area contributed by atoms with E-state index in [-0.39, 0.29) is 11.7 Å². The summed E-state index contributed by atoms with van der Waals surface area (Å²) in [4.78, 5) is 12.0. The maximum absolute atomic E-state index is 12.9. The van der Waals surface area contributed by atoms with Crippen LogP contribution in [0.3, 0.4) is 0 Å². The molecule has 3 aromatic rings. The normalized spacial score (nSPS) is 10.5. The van der Waals surface area contributed by atoms with E-state index in [1.807, 2.05) is 37.5 Å². The van der Waals surface area contributed by atoms with E-state index in [2.05, 4.69) is 31.9 Å². The summed E-state index contributed by atoms with van der Waals surface area (Å²) in [6.45, 7) is 0. The van der Waals surface area contributed by atoms with E-state index in [4.69, 9.17) is 0 Å². The maximum atomic E-state index is 12.9. The van der Waals surface area contributed by atoms with Crippen molar-refractivity contribution < 1.29 is 9.18 Å². The maximum Gasteiger partial charge on any atom is 0.269 e. The lowest BCUT2D eigenvalue weighted by Crippen LogP contribution is -2.29. The van der Waals surface area contributed by atoms with E-state index in [0.29, 0.717) is 11.3 Å². The van der Waals surface area contributed by atoms with Gasteiger partial charge in [-0.3, -0.25) is 20.3 Å². The van der Waals surface area contributed by atoms with Crippen LogP contribution in [0, 0.1) is 5.82 Å². The largest absolute Gasteiger partial charge is 0.298 e. The van der Waals surface area contributed by atoms with Crippen molar-refractivity contribution in [2.75, 3.05) is 5.43 Å². The number of amides is 1. The number of carbonyl (C=O) groups excluding carboxylic acids is 1. The van der Waals surface area contributed by atoms with E-state index < -0.39 is 0 Å². The fourth-order valence-electron chi connectivity index (χ4n) is 2.20. The minimum atomic E-state index is -0.381. The van der Waals surface area contributed by atoms with Gasteiger partial charge >= 0.3 is 0 Å². The molecule has 0 radical (unpaired) electrons. The van der Waals surface area contributed by atoms with Gasteiger partial charge in [-0.2, -0.15) is 5.10 Å². The number of nitrogens with one attached hydrogen (secondary N) is 2. The molecular formula is C17H14BrFN4O. The first kappa shape index (κ1) is 16.2. The van der Waals surface area contributed by atoms with Crippen molar-refractivity contribution in [2.45, 2.75) is 0 Å². The number of hydrogen-bond donors (Lipinski definition) is 2. The van der Waals surface area contributed by atoms with E-state index in [0.717, 1.165) is 15.7 Å². The van der Waals surface area contributed by atoms with Crippen LogP contribution in [-0.4, -0.2) is 15.7 Å². The van der Waals surface area contributed by atoms with Gasteiger partial charge in [-0.05, 0) is 52.3 Å². The average Bonchev–Trinajstić information content (AvgIpc) is 2.92. The van der Waals surface area contributed by atoms with Gasteiger partial charge in [0.2, 0.25) is 0 Å². The van der Waals surface area contributed by atoms with Crippen LogP contribution in [0.1, 0.15) is 10.4 Å². The molecule has 122 valence electrons. The number of hydrazine groups is 1. The Balaban J connectivity index is 1.72. The Bertz CT molecular complexity index is 877. The van der Waals surface area contributed by atoms with Gasteiger partial charge in [-0.25, -0.2) is 4.39 Å². The Labute approximate surface area is 146 Å². The van der Waals surface area contributed by atoms with E-state index in [9.17, 15) is 9.18 Å². The molecule has 2 N–H and O–H groups in total. The van der Waals surface area contributed by atoms with Crippen molar-refractivity contribution in [3.8, 4) is 11.3 Å². The van der Waals surface area contributed by atoms with E-state index >= 15 is 0 Å². The van der Waals surface area contributed by atoms with Crippen molar-refractivity contribution in [2.24, 2.45) is 7.05 Å². The molecule has 0 atom stereocenters. The summed E-state index contributed by atoms with van der Waals surface area (Å²) < 4.78 is 15.5. The first-order valence-corrected chi connectivity index (χ1v) is 7.94. The third kappa shape index (κ3) is 3.62. The summed E-state index contributed by atoms with van der Waals surface area (Å²) in [6.07, 6.45) is 1.87. The van der Waals surface area contributed by atoms with Crippen LogP contribution in [0.25, 0.3) is 11.3 Å². The average molecular weight is 389 g/mol. The molecule has 0 aliphatic heterocycles. The third-order valence-electron chi connectivity index (χ3n) is 3.35. The fourth-order valence-corrected chi connectivity index (χ4v) is 2.81. The lowest BCUT2D eigenvalue weighted by Gasteiger charge is -2.09. The van der Waals surface area contributed by atoms with Gasteiger partial charge in [0, 0.05) is 24.4 Å². The standard InChI is InChI=1S/C17H14BrFN4O/c1-23-10-15(18)16(22-23)12-3-2-4-14(9-12)20-21-17(24)11-5-7-13(19)8-6-11/h2-10,20H,1H3,(H,21,24). The highest BCUT2D eigenvalue weighted by molar-refractivity contribution is 9.10. The molecular weight excluding hydrogens is 375 g/mol. The lowest BCUT2D eigenvalue weighted by atomic mass is 10.1. The number of anilines is 1. The Kier molecular flexibility index (Phi) is 4.61. The molecule has 3 rings (SSSR count). The van der Waals surface area contributed by atoms with Crippen LogP contribution in [-0.2, 0) is 7.05 Å². The molecule has 0 aliphatic rings. The van der Waals surface area contributed by atoms with E-state index in [1.165, 1.54) is 24.3 Å². The molecule has 0 unspecified atom stereocenters. The topological polar surface area (TPSA) is 59.0 Å². The van der Waals surface area contributed by atoms with Crippen LogP contribution >= 0.6 is 15.9 Å². The van der Waals surface area contributed by atoms with Crippen LogP contribution in [0.15, 0.2) is 59.2 Å². The van der Waals surface area contributed by atoms with Gasteiger partial charge in [0.25, 0.3) is 5.91 Å². The first-order chi connectivity index (χ1) is 11.5. The van der Waals surface area contributed by atoms with Gasteiger partial charge in [0.1, 0.15) is 11.5 Å². The quantitative estimate of drug-likeness (QED) is 0.669. The molecule has 2 aromatic carbocycles. The molecule has 0 spiro atoms. The Morgan fingerprint density at radius 2 is 1.96 bits per heavy atom. The molecule has 0 saturated heterocycles. The highest BCUT2D eigenvalue weighted by Gasteiger charge is 2.09. The summed E-state index contributed by atoms with van der Waals surface area (Å²) >= 11 is 3.47. The summed E-state index contributed by atoms with van der Waals surface area (Å²) in [5, 5.41) is 4.39. The highest BCUT2D eigenvalue weighted by atomic mass is 79.9. The molecule has 0 bridgehead atoms. The second-order valence-corrected chi connectivity index (χ2v) is 6.02. The summed E-state index contributed by atoms with van der Waals surface area (Å²) in [7, 11) is 1.85. The van der Waals surface area contributed by atoms with Crippen molar-refractivity contribution in [3.05, 3.63) is 70.6 Å².